The Morgan fingerprint density at radius 1 is 1.09 bits per heavy atom. The molecule has 0 bridgehead atoms. The number of fused-ring (bicyclic) bond motifs is 1. The fourth-order valence-corrected chi connectivity index (χ4v) is 4.77. The molecule has 0 saturated carbocycles. The Morgan fingerprint density at radius 2 is 1.85 bits per heavy atom. The first-order valence-electron chi connectivity index (χ1n) is 11.6. The lowest BCUT2D eigenvalue weighted by Gasteiger charge is -2.30. The minimum atomic E-state index is -0.879. The lowest BCUT2D eigenvalue weighted by atomic mass is 9.98. The van der Waals surface area contributed by atoms with E-state index in [0.717, 1.165) is 23.2 Å². The quantitative estimate of drug-likeness (QED) is 0.689. The summed E-state index contributed by atoms with van der Waals surface area (Å²) >= 11 is 6.16. The lowest BCUT2D eigenvalue weighted by molar-refractivity contribution is -0.143. The van der Waals surface area contributed by atoms with Crippen molar-refractivity contribution in [2.75, 3.05) is 19.6 Å². The number of halogens is 1. The first kappa shape index (κ1) is 24.1. The number of aryl methyl sites for hydroxylation is 2. The summed E-state index contributed by atoms with van der Waals surface area (Å²) in [6.45, 7) is 4.27. The molecule has 1 unspecified atom stereocenters. The van der Waals surface area contributed by atoms with E-state index in [9.17, 15) is 19.5 Å². The van der Waals surface area contributed by atoms with Gasteiger partial charge >= 0.3 is 12.1 Å². The second-order valence-electron chi connectivity index (χ2n) is 8.82. The highest BCUT2D eigenvalue weighted by Crippen LogP contribution is 2.21. The molecule has 34 heavy (non-hydrogen) atoms. The number of carbonyl (C=O) groups excluding carboxylic acids is 2. The third-order valence-corrected chi connectivity index (χ3v) is 6.56. The molecule has 2 aliphatic heterocycles. The number of rotatable bonds is 5. The number of hydrogen-bond donors (Lipinski definition) is 1. The Bertz CT molecular complexity index is 1090. The molecule has 1 fully saturated rings. The zero-order valence-corrected chi connectivity index (χ0v) is 20.0. The standard InChI is InChI=1S/C24H29ClN4O5/c1-2-16-9-17(11-19(25)10-16)15-34-24(33)28-7-4-8-29-20(14-28)12-21(26-29)22(30)27-6-3-5-18(13-27)23(31)32/h9-12,18H,2-8,13-15H2,1H3,(H,31,32). The van der Waals surface area contributed by atoms with Crippen LogP contribution in [0.1, 0.15) is 53.5 Å². The van der Waals surface area contributed by atoms with Gasteiger partial charge in [0.2, 0.25) is 0 Å². The number of aliphatic carboxylic acids is 1. The molecule has 2 aliphatic rings. The van der Waals surface area contributed by atoms with Gasteiger partial charge < -0.3 is 19.6 Å². The van der Waals surface area contributed by atoms with Crippen molar-refractivity contribution in [1.29, 1.82) is 0 Å². The number of nitrogens with zero attached hydrogens (tertiary/aromatic N) is 4. The number of carbonyl (C=O) groups is 3. The summed E-state index contributed by atoms with van der Waals surface area (Å²) in [4.78, 5) is 40.2. The van der Waals surface area contributed by atoms with Crippen molar-refractivity contribution in [2.45, 2.75) is 52.3 Å². The highest BCUT2D eigenvalue weighted by molar-refractivity contribution is 6.30. The van der Waals surface area contributed by atoms with E-state index in [0.29, 0.717) is 43.9 Å². The molecular formula is C24H29ClN4O5. The molecule has 9 nitrogen and oxygen atoms in total. The predicted molar refractivity (Wildman–Crippen MR) is 125 cm³/mol. The van der Waals surface area contributed by atoms with Crippen molar-refractivity contribution in [3.05, 3.63) is 51.8 Å². The van der Waals surface area contributed by atoms with Crippen LogP contribution in [-0.4, -0.2) is 62.3 Å². The SMILES string of the molecule is CCc1cc(Cl)cc(COC(=O)N2CCCn3nc(C(=O)N4CCCC(C(=O)O)C4)cc3C2)c1. The van der Waals surface area contributed by atoms with Crippen LogP contribution < -0.4 is 0 Å². The number of aromatic nitrogens is 2. The van der Waals surface area contributed by atoms with Crippen molar-refractivity contribution in [3.63, 3.8) is 0 Å². The Hall–Kier alpha value is -3.07. The number of carboxylic acid groups (broad SMARTS) is 1. The summed E-state index contributed by atoms with van der Waals surface area (Å²) in [6, 6.07) is 7.36. The van der Waals surface area contributed by atoms with Crippen molar-refractivity contribution in [2.24, 2.45) is 5.92 Å². The van der Waals surface area contributed by atoms with Gasteiger partial charge in [-0.05, 0) is 55.0 Å². The van der Waals surface area contributed by atoms with Crippen LogP contribution >= 0.6 is 11.6 Å². The molecule has 1 saturated heterocycles. The zero-order chi connectivity index (χ0) is 24.2. The minimum Gasteiger partial charge on any atom is -0.481 e. The average molecular weight is 489 g/mol. The van der Waals surface area contributed by atoms with Crippen LogP contribution in [0.4, 0.5) is 4.79 Å². The maximum atomic E-state index is 13.0. The van der Waals surface area contributed by atoms with Crippen LogP contribution in [0.5, 0.6) is 0 Å². The molecule has 0 radical (unpaired) electrons. The van der Waals surface area contributed by atoms with Crippen LogP contribution in [0.2, 0.25) is 5.02 Å². The second-order valence-corrected chi connectivity index (χ2v) is 9.26. The van der Waals surface area contributed by atoms with Gasteiger partial charge in [0, 0.05) is 31.2 Å². The fraction of sp³-hybridized carbons (Fsp3) is 0.500. The van der Waals surface area contributed by atoms with Gasteiger partial charge in [0.05, 0.1) is 18.2 Å². The van der Waals surface area contributed by atoms with Crippen molar-refractivity contribution in [3.8, 4) is 0 Å². The van der Waals surface area contributed by atoms with E-state index in [-0.39, 0.29) is 31.3 Å². The van der Waals surface area contributed by atoms with Gasteiger partial charge in [0.15, 0.2) is 5.69 Å². The first-order valence-corrected chi connectivity index (χ1v) is 12.0. The van der Waals surface area contributed by atoms with E-state index < -0.39 is 18.0 Å². The maximum Gasteiger partial charge on any atom is 0.410 e. The molecule has 182 valence electrons. The van der Waals surface area contributed by atoms with E-state index in [4.69, 9.17) is 16.3 Å². The molecular weight excluding hydrogens is 460 g/mol. The van der Waals surface area contributed by atoms with E-state index in [1.807, 2.05) is 19.1 Å². The van der Waals surface area contributed by atoms with Crippen LogP contribution in [-0.2, 0) is 35.6 Å². The number of hydrogen-bond acceptors (Lipinski definition) is 5. The molecule has 0 spiro atoms. The predicted octanol–water partition coefficient (Wildman–Crippen LogP) is 3.58. The number of benzene rings is 1. The Balaban J connectivity index is 1.40. The number of piperidine rings is 1. The smallest absolute Gasteiger partial charge is 0.410 e. The largest absolute Gasteiger partial charge is 0.481 e. The van der Waals surface area contributed by atoms with Crippen molar-refractivity contribution in [1.82, 2.24) is 19.6 Å². The highest BCUT2D eigenvalue weighted by Gasteiger charge is 2.31. The number of ether oxygens (including phenoxy) is 1. The van der Waals surface area contributed by atoms with E-state index >= 15 is 0 Å². The Labute approximate surface area is 203 Å². The van der Waals surface area contributed by atoms with Crippen LogP contribution in [0.25, 0.3) is 0 Å². The summed E-state index contributed by atoms with van der Waals surface area (Å²) in [5.41, 5.74) is 2.95. The van der Waals surface area contributed by atoms with E-state index in [1.165, 1.54) is 0 Å². The zero-order valence-electron chi connectivity index (χ0n) is 19.2. The van der Waals surface area contributed by atoms with Gasteiger partial charge in [-0.25, -0.2) is 4.79 Å². The topological polar surface area (TPSA) is 105 Å². The summed E-state index contributed by atoms with van der Waals surface area (Å²) in [7, 11) is 0. The lowest BCUT2D eigenvalue weighted by Crippen LogP contribution is -2.42. The third-order valence-electron chi connectivity index (χ3n) is 6.34. The van der Waals surface area contributed by atoms with Gasteiger partial charge in [0.1, 0.15) is 6.61 Å². The van der Waals surface area contributed by atoms with Crippen LogP contribution in [0.3, 0.4) is 0 Å². The summed E-state index contributed by atoms with van der Waals surface area (Å²) in [6.07, 6.45) is 2.32. The molecule has 1 aromatic heterocycles. The van der Waals surface area contributed by atoms with Crippen molar-refractivity contribution < 1.29 is 24.2 Å². The first-order chi connectivity index (χ1) is 16.3. The third kappa shape index (κ3) is 5.52. The number of likely N-dealkylation sites (tertiary alicyclic amines) is 1. The molecule has 3 heterocycles. The molecule has 1 N–H and O–H groups in total. The summed E-state index contributed by atoms with van der Waals surface area (Å²) in [5, 5.41) is 14.4. The molecule has 10 heteroatoms. The van der Waals surface area contributed by atoms with Crippen LogP contribution in [0, 0.1) is 5.92 Å². The van der Waals surface area contributed by atoms with Crippen molar-refractivity contribution >= 4 is 29.6 Å². The van der Waals surface area contributed by atoms with Gasteiger partial charge in [-0.3, -0.25) is 14.3 Å². The Kier molecular flexibility index (Phi) is 7.41. The molecule has 1 atom stereocenters. The molecule has 2 amide bonds. The second kappa shape index (κ2) is 10.5. The maximum absolute atomic E-state index is 13.0. The van der Waals surface area contributed by atoms with E-state index in [2.05, 4.69) is 5.10 Å². The van der Waals surface area contributed by atoms with Gasteiger partial charge in [0.25, 0.3) is 5.91 Å². The van der Waals surface area contributed by atoms with Gasteiger partial charge in [-0.2, -0.15) is 5.10 Å². The monoisotopic (exact) mass is 488 g/mol. The molecule has 1 aromatic carbocycles. The highest BCUT2D eigenvalue weighted by atomic mass is 35.5. The molecule has 4 rings (SSSR count). The van der Waals surface area contributed by atoms with E-state index in [1.54, 1.807) is 26.6 Å². The summed E-state index contributed by atoms with van der Waals surface area (Å²) < 4.78 is 7.30. The molecule has 0 aliphatic carbocycles. The van der Waals surface area contributed by atoms with Gasteiger partial charge in [-0.15, -0.1) is 0 Å². The molecule has 2 aromatic rings. The summed E-state index contributed by atoms with van der Waals surface area (Å²) in [5.74, 6) is -1.69. The Morgan fingerprint density at radius 3 is 2.62 bits per heavy atom. The van der Waals surface area contributed by atoms with Crippen LogP contribution in [0.15, 0.2) is 24.3 Å². The fourth-order valence-electron chi connectivity index (χ4n) is 4.49. The number of amides is 2. The number of carboxylic acids is 1. The average Bonchev–Trinajstić information content (AvgIpc) is 3.12. The normalized spacial score (nSPS) is 18.2. The van der Waals surface area contributed by atoms with Gasteiger partial charge in [-0.1, -0.05) is 24.6 Å². The minimum absolute atomic E-state index is 0.131.